The molecule has 0 aliphatic heterocycles. The highest BCUT2D eigenvalue weighted by Crippen LogP contribution is 2.28. The van der Waals surface area contributed by atoms with Crippen LogP contribution in [0.25, 0.3) is 0 Å². The van der Waals surface area contributed by atoms with Crippen molar-refractivity contribution in [1.82, 2.24) is 0 Å². The first-order valence-electron chi connectivity index (χ1n) is 7.05. The van der Waals surface area contributed by atoms with E-state index in [0.29, 0.717) is 0 Å². The lowest BCUT2D eigenvalue weighted by atomic mass is 9.98. The summed E-state index contributed by atoms with van der Waals surface area (Å²) in [5.41, 5.74) is 2.30. The van der Waals surface area contributed by atoms with Crippen LogP contribution in [0.15, 0.2) is 78.9 Å². The van der Waals surface area contributed by atoms with E-state index in [-0.39, 0.29) is 11.7 Å². The molecule has 0 aromatic heterocycles. The number of anilines is 1. The Balaban J connectivity index is 1.99. The Bertz CT molecular complexity index is 702. The molecule has 0 fully saturated rings. The third-order valence-corrected chi connectivity index (χ3v) is 3.50. The molecule has 0 atom stereocenters. The first-order valence-corrected chi connectivity index (χ1v) is 7.05. The van der Waals surface area contributed by atoms with E-state index in [4.69, 9.17) is 0 Å². The van der Waals surface area contributed by atoms with Crippen LogP contribution in [-0.4, -0.2) is 0 Å². The zero-order valence-electron chi connectivity index (χ0n) is 11.8. The van der Waals surface area contributed by atoms with Crippen LogP contribution in [0.1, 0.15) is 17.2 Å². The quantitative estimate of drug-likeness (QED) is 0.700. The summed E-state index contributed by atoms with van der Waals surface area (Å²) in [5, 5.41) is 3.17. The van der Waals surface area contributed by atoms with Crippen LogP contribution in [-0.2, 0) is 0 Å². The Hall–Kier alpha value is -2.68. The summed E-state index contributed by atoms with van der Waals surface area (Å²) >= 11 is 0. The smallest absolute Gasteiger partial charge is 0.149 e. The van der Waals surface area contributed by atoms with Crippen molar-refractivity contribution in [3.63, 3.8) is 0 Å². The molecule has 0 radical (unpaired) electrons. The molecular weight excluding hydrogens is 280 g/mol. The fourth-order valence-corrected chi connectivity index (χ4v) is 2.41. The predicted molar refractivity (Wildman–Crippen MR) is 84.7 cm³/mol. The molecule has 22 heavy (non-hydrogen) atoms. The zero-order valence-corrected chi connectivity index (χ0v) is 11.8. The number of nitrogens with one attached hydrogen (secondary N) is 1. The second-order valence-corrected chi connectivity index (χ2v) is 5.02. The van der Waals surface area contributed by atoms with Crippen LogP contribution in [0.3, 0.4) is 0 Å². The van der Waals surface area contributed by atoms with Gasteiger partial charge in [0.05, 0.1) is 11.7 Å². The fraction of sp³-hybridized carbons (Fsp3) is 0.0526. The standard InChI is InChI=1S/C19H15F2N/c20-16-11-12-18(17(21)13-16)22-19(14-7-3-1-4-8-14)15-9-5-2-6-10-15/h1-13,19,22H. The van der Waals surface area contributed by atoms with Crippen molar-refractivity contribution >= 4 is 5.69 Å². The van der Waals surface area contributed by atoms with Crippen molar-refractivity contribution in [2.24, 2.45) is 0 Å². The summed E-state index contributed by atoms with van der Waals surface area (Å²) in [4.78, 5) is 0. The van der Waals surface area contributed by atoms with Crippen LogP contribution >= 0.6 is 0 Å². The first kappa shape index (κ1) is 14.3. The third-order valence-electron chi connectivity index (χ3n) is 3.50. The normalized spacial score (nSPS) is 10.7. The highest BCUT2D eigenvalue weighted by atomic mass is 19.1. The molecule has 0 heterocycles. The third kappa shape index (κ3) is 3.14. The van der Waals surface area contributed by atoms with E-state index in [1.54, 1.807) is 0 Å². The minimum absolute atomic E-state index is 0.206. The van der Waals surface area contributed by atoms with Gasteiger partial charge in [0, 0.05) is 6.07 Å². The van der Waals surface area contributed by atoms with Gasteiger partial charge in [0.25, 0.3) is 0 Å². The Kier molecular flexibility index (Phi) is 4.15. The molecular formula is C19H15F2N. The van der Waals surface area contributed by atoms with Crippen molar-refractivity contribution in [2.75, 3.05) is 5.32 Å². The van der Waals surface area contributed by atoms with Gasteiger partial charge in [-0.1, -0.05) is 60.7 Å². The lowest BCUT2D eigenvalue weighted by Gasteiger charge is -2.21. The first-order chi connectivity index (χ1) is 10.7. The van der Waals surface area contributed by atoms with Crippen LogP contribution in [0.5, 0.6) is 0 Å². The number of hydrogen-bond acceptors (Lipinski definition) is 1. The average molecular weight is 295 g/mol. The molecule has 3 rings (SSSR count). The fourth-order valence-electron chi connectivity index (χ4n) is 2.41. The van der Waals surface area contributed by atoms with E-state index < -0.39 is 11.6 Å². The maximum atomic E-state index is 13.9. The Morgan fingerprint density at radius 1 is 0.682 bits per heavy atom. The van der Waals surface area contributed by atoms with E-state index in [1.807, 2.05) is 60.7 Å². The summed E-state index contributed by atoms with van der Waals surface area (Å²) in [7, 11) is 0. The van der Waals surface area contributed by atoms with Gasteiger partial charge in [0.2, 0.25) is 0 Å². The second kappa shape index (κ2) is 6.39. The van der Waals surface area contributed by atoms with Gasteiger partial charge in [-0.15, -0.1) is 0 Å². The van der Waals surface area contributed by atoms with Crippen molar-refractivity contribution in [1.29, 1.82) is 0 Å². The summed E-state index contributed by atoms with van der Waals surface area (Å²) < 4.78 is 27.0. The topological polar surface area (TPSA) is 12.0 Å². The Morgan fingerprint density at radius 3 is 1.73 bits per heavy atom. The van der Waals surface area contributed by atoms with Crippen LogP contribution in [0.2, 0.25) is 0 Å². The molecule has 0 aliphatic carbocycles. The molecule has 0 saturated carbocycles. The maximum absolute atomic E-state index is 13.9. The van der Waals surface area contributed by atoms with Crippen molar-refractivity contribution < 1.29 is 8.78 Å². The van der Waals surface area contributed by atoms with E-state index in [0.717, 1.165) is 17.2 Å². The number of benzene rings is 3. The minimum atomic E-state index is -0.600. The summed E-state index contributed by atoms with van der Waals surface area (Å²) in [6, 6.07) is 22.9. The Morgan fingerprint density at radius 2 is 1.23 bits per heavy atom. The number of halogens is 2. The van der Waals surface area contributed by atoms with Gasteiger partial charge in [0.15, 0.2) is 0 Å². The van der Waals surface area contributed by atoms with Gasteiger partial charge < -0.3 is 5.32 Å². The van der Waals surface area contributed by atoms with E-state index in [1.165, 1.54) is 12.1 Å². The molecule has 0 saturated heterocycles. The molecule has 3 aromatic rings. The lowest BCUT2D eigenvalue weighted by molar-refractivity contribution is 0.584. The largest absolute Gasteiger partial charge is 0.372 e. The van der Waals surface area contributed by atoms with Gasteiger partial charge in [-0.25, -0.2) is 8.78 Å². The van der Waals surface area contributed by atoms with Gasteiger partial charge in [-0.05, 0) is 23.3 Å². The highest BCUT2D eigenvalue weighted by molar-refractivity contribution is 5.50. The van der Waals surface area contributed by atoms with Crippen molar-refractivity contribution in [2.45, 2.75) is 6.04 Å². The minimum Gasteiger partial charge on any atom is -0.372 e. The molecule has 0 spiro atoms. The molecule has 0 aliphatic rings. The van der Waals surface area contributed by atoms with E-state index in [2.05, 4.69) is 5.32 Å². The zero-order chi connectivity index (χ0) is 15.4. The van der Waals surface area contributed by atoms with Crippen molar-refractivity contribution in [3.05, 3.63) is 102 Å². The molecule has 0 bridgehead atoms. The van der Waals surface area contributed by atoms with Gasteiger partial charge in [-0.3, -0.25) is 0 Å². The van der Waals surface area contributed by atoms with Crippen molar-refractivity contribution in [3.8, 4) is 0 Å². The molecule has 0 unspecified atom stereocenters. The molecule has 1 nitrogen and oxygen atoms in total. The summed E-state index contributed by atoms with van der Waals surface area (Å²) in [6.07, 6.45) is 0. The molecule has 3 heteroatoms. The van der Waals surface area contributed by atoms with Gasteiger partial charge in [-0.2, -0.15) is 0 Å². The molecule has 3 aromatic carbocycles. The Labute approximate surface area is 128 Å². The molecule has 0 amide bonds. The SMILES string of the molecule is Fc1ccc(NC(c2ccccc2)c2ccccc2)c(F)c1. The van der Waals surface area contributed by atoms with Crippen LogP contribution in [0.4, 0.5) is 14.5 Å². The lowest BCUT2D eigenvalue weighted by Crippen LogP contribution is -2.13. The van der Waals surface area contributed by atoms with E-state index in [9.17, 15) is 8.78 Å². The maximum Gasteiger partial charge on any atom is 0.149 e. The molecule has 1 N–H and O–H groups in total. The average Bonchev–Trinajstić information content (AvgIpc) is 2.56. The second-order valence-electron chi connectivity index (χ2n) is 5.02. The predicted octanol–water partition coefficient (Wildman–Crippen LogP) is 5.17. The highest BCUT2D eigenvalue weighted by Gasteiger charge is 2.15. The van der Waals surface area contributed by atoms with Crippen LogP contribution < -0.4 is 5.32 Å². The number of rotatable bonds is 4. The molecule has 110 valence electrons. The van der Waals surface area contributed by atoms with Gasteiger partial charge in [0.1, 0.15) is 11.6 Å². The monoisotopic (exact) mass is 295 g/mol. The summed E-state index contributed by atoms with van der Waals surface area (Å²) in [6.45, 7) is 0. The van der Waals surface area contributed by atoms with E-state index >= 15 is 0 Å². The summed E-state index contributed by atoms with van der Waals surface area (Å²) in [5.74, 6) is -1.18. The van der Waals surface area contributed by atoms with Crippen LogP contribution in [0, 0.1) is 11.6 Å². The number of hydrogen-bond donors (Lipinski definition) is 1. The van der Waals surface area contributed by atoms with Gasteiger partial charge >= 0.3 is 0 Å².